The molecule has 0 saturated carbocycles. The number of amides is 1. The van der Waals surface area contributed by atoms with Crippen LogP contribution in [0.15, 0.2) is 29.2 Å². The third kappa shape index (κ3) is 6.91. The quantitative estimate of drug-likeness (QED) is 0.256. The summed E-state index contributed by atoms with van der Waals surface area (Å²) in [6, 6.07) is 5.48. The minimum Gasteiger partial charge on any atom is -0.323 e. The largest absolute Gasteiger partial charge is 0.350 e. The fourth-order valence-corrected chi connectivity index (χ4v) is 5.12. The summed E-state index contributed by atoms with van der Waals surface area (Å²) in [5, 5.41) is -2.80. The molecule has 6 N–H and O–H groups in total. The Morgan fingerprint density at radius 3 is 1.92 bits per heavy atom. The van der Waals surface area contributed by atoms with Gasteiger partial charge in [-0.15, -0.1) is 0 Å². The summed E-state index contributed by atoms with van der Waals surface area (Å²) in [6.07, 6.45) is 0.958. The number of rotatable bonds is 7. The molecule has 0 aliphatic heterocycles. The van der Waals surface area contributed by atoms with Crippen molar-refractivity contribution in [3.63, 3.8) is 0 Å². The maximum atomic E-state index is 11.7. The van der Waals surface area contributed by atoms with Crippen LogP contribution in [-0.4, -0.2) is 45.6 Å². The lowest BCUT2D eigenvalue weighted by atomic mass is 10.3. The van der Waals surface area contributed by atoms with Gasteiger partial charge in [0.2, 0.25) is 15.4 Å². The minimum atomic E-state index is -5.37. The van der Waals surface area contributed by atoms with E-state index >= 15 is 0 Å². The van der Waals surface area contributed by atoms with Crippen LogP contribution < -0.4 is 9.44 Å². The number of carbonyl (C=O) groups is 1. The van der Waals surface area contributed by atoms with Crippen LogP contribution in [0.2, 0.25) is 0 Å². The van der Waals surface area contributed by atoms with Crippen LogP contribution in [-0.2, 0) is 23.9 Å². The van der Waals surface area contributed by atoms with E-state index in [0.29, 0.717) is 16.8 Å². The predicted octanol–water partition coefficient (Wildman–Crippen LogP) is -0.137. The Morgan fingerprint density at radius 2 is 1.54 bits per heavy atom. The van der Waals surface area contributed by atoms with Gasteiger partial charge in [0.1, 0.15) is 0 Å². The molecule has 0 aliphatic carbocycles. The molecule has 0 unspecified atom stereocenters. The third-order valence-electron chi connectivity index (χ3n) is 2.30. The van der Waals surface area contributed by atoms with E-state index in [1.54, 1.807) is 0 Å². The maximum absolute atomic E-state index is 11.7. The van der Waals surface area contributed by atoms with E-state index in [2.05, 4.69) is 4.72 Å². The Balaban J connectivity index is 2.80. The molecule has 0 aromatic heterocycles. The van der Waals surface area contributed by atoms with E-state index in [-0.39, 0.29) is 5.69 Å². The first-order chi connectivity index (χ1) is 10.7. The van der Waals surface area contributed by atoms with E-state index in [9.17, 15) is 22.3 Å². The summed E-state index contributed by atoms with van der Waals surface area (Å²) in [6.45, 7) is 0. The molecule has 1 amide bonds. The van der Waals surface area contributed by atoms with Gasteiger partial charge in [-0.3, -0.25) is 23.4 Å². The topological polar surface area (TPSA) is 190 Å². The summed E-state index contributed by atoms with van der Waals surface area (Å²) < 4.78 is 48.4. The number of sulfonamides is 1. The van der Waals surface area contributed by atoms with Crippen molar-refractivity contribution in [2.24, 2.45) is 0 Å². The zero-order valence-corrected chi connectivity index (χ0v) is 15.3. The number of hydrogen-bond donors (Lipinski definition) is 6. The van der Waals surface area contributed by atoms with Gasteiger partial charge in [-0.1, -0.05) is 0 Å². The molecular weight excluding hydrogens is 406 g/mol. The lowest BCUT2D eigenvalue weighted by Gasteiger charge is -2.18. The Labute approximate surface area is 141 Å². The van der Waals surface area contributed by atoms with Gasteiger partial charge in [0.25, 0.3) is 5.91 Å². The van der Waals surface area contributed by atoms with Gasteiger partial charge in [0.15, 0.2) is 0 Å². The zero-order chi connectivity index (χ0) is 18.8. The molecule has 15 heteroatoms. The molecule has 0 bridgehead atoms. The van der Waals surface area contributed by atoms with Gasteiger partial charge in [-0.25, -0.2) is 8.42 Å². The van der Waals surface area contributed by atoms with Gasteiger partial charge in [-0.2, -0.15) is 0 Å². The van der Waals surface area contributed by atoms with Crippen LogP contribution in [0.1, 0.15) is 0 Å². The highest BCUT2D eigenvalue weighted by Gasteiger charge is 2.49. The molecule has 11 nitrogen and oxygen atoms in total. The molecule has 1 aromatic rings. The van der Waals surface area contributed by atoms with Crippen LogP contribution in [0.25, 0.3) is 0 Å². The maximum Gasteiger partial charge on any atom is 0.350 e. The average molecular weight is 420 g/mol. The molecule has 1 aromatic carbocycles. The molecule has 0 saturated heterocycles. The lowest BCUT2D eigenvalue weighted by Crippen LogP contribution is -2.30. The molecule has 24 heavy (non-hydrogen) atoms. The van der Waals surface area contributed by atoms with E-state index < -0.39 is 36.5 Å². The summed E-state index contributed by atoms with van der Waals surface area (Å²) in [4.78, 5) is 47.6. The SMILES string of the molecule is CS(=O)(=O)Nc1ccc(SNC(=O)C(P(=O)(O)O)P(=O)(O)O)cc1. The number of carbonyl (C=O) groups excluding carboxylic acids is 1. The normalized spacial score (nSPS) is 12.9. The Morgan fingerprint density at radius 1 is 1.08 bits per heavy atom. The fourth-order valence-electron chi connectivity index (χ4n) is 1.47. The summed E-state index contributed by atoms with van der Waals surface area (Å²) in [7, 11) is -14.2. The number of benzene rings is 1. The van der Waals surface area contributed by atoms with Gasteiger partial charge in [0.05, 0.1) is 6.26 Å². The van der Waals surface area contributed by atoms with Crippen molar-refractivity contribution in [1.82, 2.24) is 4.72 Å². The highest BCUT2D eigenvalue weighted by molar-refractivity contribution is 7.98. The van der Waals surface area contributed by atoms with Crippen LogP contribution in [0.4, 0.5) is 5.69 Å². The lowest BCUT2D eigenvalue weighted by molar-refractivity contribution is -0.118. The van der Waals surface area contributed by atoms with E-state index in [1.807, 2.05) is 4.72 Å². The van der Waals surface area contributed by atoms with Crippen molar-refractivity contribution in [2.75, 3.05) is 11.0 Å². The molecule has 1 rings (SSSR count). The molecule has 0 spiro atoms. The highest BCUT2D eigenvalue weighted by Crippen LogP contribution is 2.59. The van der Waals surface area contributed by atoms with Crippen LogP contribution in [0.5, 0.6) is 0 Å². The van der Waals surface area contributed by atoms with Crippen molar-refractivity contribution < 1.29 is 41.9 Å². The second-order valence-corrected chi connectivity index (χ2v) is 10.9. The van der Waals surface area contributed by atoms with Crippen molar-refractivity contribution in [2.45, 2.75) is 10.3 Å². The standard InChI is InChI=1S/C9H14N2O9P2S2/c1-24(19,20)11-6-2-4-7(5-3-6)23-10-8(12)9(21(13,14)15)22(16,17)18/h2-5,9,11H,1H3,(H,10,12)(H2,13,14,15)(H2,16,17,18). The van der Waals surface area contributed by atoms with Crippen molar-refractivity contribution in [3.8, 4) is 0 Å². The molecule has 0 radical (unpaired) electrons. The van der Waals surface area contributed by atoms with Crippen LogP contribution in [0.3, 0.4) is 0 Å². The first-order valence-electron chi connectivity index (χ1n) is 5.85. The molecule has 0 aliphatic rings. The Kier molecular flexibility index (Phi) is 6.64. The van der Waals surface area contributed by atoms with Gasteiger partial charge in [0, 0.05) is 10.6 Å². The average Bonchev–Trinajstić information content (AvgIpc) is 2.32. The fraction of sp³-hybridized carbons (Fsp3) is 0.222. The third-order valence-corrected chi connectivity index (χ3v) is 7.26. The summed E-state index contributed by atoms with van der Waals surface area (Å²) in [5.41, 5.74) is 0.247. The Hall–Kier alpha value is -0.910. The Bertz CT molecular complexity index is 777. The van der Waals surface area contributed by atoms with E-state index in [4.69, 9.17) is 19.6 Å². The number of anilines is 1. The van der Waals surface area contributed by atoms with Crippen LogP contribution >= 0.6 is 27.1 Å². The van der Waals surface area contributed by atoms with Crippen LogP contribution in [0, 0.1) is 0 Å². The van der Waals surface area contributed by atoms with E-state index in [1.165, 1.54) is 24.3 Å². The van der Waals surface area contributed by atoms with Crippen molar-refractivity contribution in [3.05, 3.63) is 24.3 Å². The van der Waals surface area contributed by atoms with Gasteiger partial charge >= 0.3 is 15.2 Å². The monoisotopic (exact) mass is 420 g/mol. The van der Waals surface area contributed by atoms with Gasteiger partial charge < -0.3 is 19.6 Å². The molecule has 0 heterocycles. The smallest absolute Gasteiger partial charge is 0.323 e. The molecular formula is C9H14N2O9P2S2. The molecule has 136 valence electrons. The summed E-state index contributed by atoms with van der Waals surface area (Å²) in [5.74, 6) is -1.53. The second kappa shape index (κ2) is 7.54. The predicted molar refractivity (Wildman–Crippen MR) is 86.8 cm³/mol. The molecule has 0 atom stereocenters. The first kappa shape index (κ1) is 21.1. The minimum absolute atomic E-state index is 0.247. The number of hydrogen-bond acceptors (Lipinski definition) is 6. The molecule has 0 fully saturated rings. The highest BCUT2D eigenvalue weighted by atomic mass is 32.2. The van der Waals surface area contributed by atoms with Crippen molar-refractivity contribution >= 4 is 48.8 Å². The van der Waals surface area contributed by atoms with E-state index in [0.717, 1.165) is 6.26 Å². The summed E-state index contributed by atoms with van der Waals surface area (Å²) >= 11 is 0.552. The number of nitrogens with one attached hydrogen (secondary N) is 2. The first-order valence-corrected chi connectivity index (χ1v) is 11.9. The zero-order valence-electron chi connectivity index (χ0n) is 11.9. The second-order valence-electron chi connectivity index (χ2n) is 4.52. The van der Waals surface area contributed by atoms with Crippen molar-refractivity contribution in [1.29, 1.82) is 0 Å². The van der Waals surface area contributed by atoms with Gasteiger partial charge in [-0.05, 0) is 36.2 Å².